The smallest absolute Gasteiger partial charge is 0.115 e. The Balaban J connectivity index is 2.41. The van der Waals surface area contributed by atoms with Crippen molar-refractivity contribution in [3.63, 3.8) is 0 Å². The van der Waals surface area contributed by atoms with E-state index in [1.807, 2.05) is 0 Å². The molecule has 0 aliphatic rings. The standard InChI is InChI=1S/C16H20SSi/c1-18(14-8-13-17,15-9-4-2-5-10-15)16-11-6-3-7-12-16/h2-7,9-12,17H,8,13-14H2,1H3. The summed E-state index contributed by atoms with van der Waals surface area (Å²) in [5, 5.41) is 3.05. The molecular formula is C16H20SSi. The van der Waals surface area contributed by atoms with Crippen molar-refractivity contribution in [3.05, 3.63) is 60.7 Å². The minimum Gasteiger partial charge on any atom is -0.179 e. The molecule has 0 aliphatic heterocycles. The number of rotatable bonds is 5. The van der Waals surface area contributed by atoms with Crippen molar-refractivity contribution in [1.82, 2.24) is 0 Å². The second-order valence-corrected chi connectivity index (χ2v) is 9.66. The number of thiol groups is 1. The van der Waals surface area contributed by atoms with Crippen LogP contribution in [0.2, 0.25) is 12.6 Å². The summed E-state index contributed by atoms with van der Waals surface area (Å²) >= 11 is 4.38. The van der Waals surface area contributed by atoms with Gasteiger partial charge in [0, 0.05) is 0 Å². The van der Waals surface area contributed by atoms with Crippen LogP contribution in [0.5, 0.6) is 0 Å². The highest BCUT2D eigenvalue weighted by Gasteiger charge is 2.30. The van der Waals surface area contributed by atoms with Gasteiger partial charge >= 0.3 is 0 Å². The third-order valence-corrected chi connectivity index (χ3v) is 8.54. The van der Waals surface area contributed by atoms with Gasteiger partial charge in [-0.1, -0.05) is 77.6 Å². The molecule has 0 saturated carbocycles. The topological polar surface area (TPSA) is 0 Å². The van der Waals surface area contributed by atoms with E-state index in [9.17, 15) is 0 Å². The lowest BCUT2D eigenvalue weighted by Gasteiger charge is -2.28. The molecule has 2 aromatic rings. The zero-order chi connectivity index (χ0) is 12.8. The van der Waals surface area contributed by atoms with E-state index in [-0.39, 0.29) is 0 Å². The highest BCUT2D eigenvalue weighted by atomic mass is 32.1. The first kappa shape index (κ1) is 13.4. The molecule has 0 aliphatic carbocycles. The summed E-state index contributed by atoms with van der Waals surface area (Å²) in [6.07, 6.45) is 1.19. The first-order valence-corrected chi connectivity index (χ1v) is 9.83. The van der Waals surface area contributed by atoms with Crippen molar-refractivity contribution < 1.29 is 0 Å². The molecule has 0 saturated heterocycles. The minimum absolute atomic E-state index is 0.974. The van der Waals surface area contributed by atoms with Gasteiger partial charge in [-0.25, -0.2) is 0 Å². The van der Waals surface area contributed by atoms with Gasteiger partial charge in [0.1, 0.15) is 8.07 Å². The molecule has 18 heavy (non-hydrogen) atoms. The summed E-state index contributed by atoms with van der Waals surface area (Å²) in [6, 6.07) is 23.3. The molecule has 0 fully saturated rings. The summed E-state index contributed by atoms with van der Waals surface area (Å²) < 4.78 is 0. The summed E-state index contributed by atoms with van der Waals surface area (Å²) in [5.74, 6) is 0.974. The van der Waals surface area contributed by atoms with Gasteiger partial charge in [0.15, 0.2) is 0 Å². The molecule has 0 nitrogen and oxygen atoms in total. The SMILES string of the molecule is C[Si](CCCS)(c1ccccc1)c1ccccc1. The molecule has 2 rings (SSSR count). The molecule has 0 aromatic heterocycles. The van der Waals surface area contributed by atoms with Crippen molar-refractivity contribution in [2.45, 2.75) is 19.0 Å². The lowest BCUT2D eigenvalue weighted by atomic mass is 10.4. The number of benzene rings is 2. The van der Waals surface area contributed by atoms with E-state index in [0.717, 1.165) is 5.75 Å². The van der Waals surface area contributed by atoms with Gasteiger partial charge in [-0.3, -0.25) is 0 Å². The van der Waals surface area contributed by atoms with E-state index >= 15 is 0 Å². The van der Waals surface area contributed by atoms with Gasteiger partial charge in [-0.2, -0.15) is 12.6 Å². The molecule has 0 heterocycles. The fraction of sp³-hybridized carbons (Fsp3) is 0.250. The highest BCUT2D eigenvalue weighted by Crippen LogP contribution is 2.14. The molecule has 94 valence electrons. The lowest BCUT2D eigenvalue weighted by molar-refractivity contribution is 1.08. The van der Waals surface area contributed by atoms with Crippen LogP contribution in [0.15, 0.2) is 60.7 Å². The Hall–Kier alpha value is -0.993. The van der Waals surface area contributed by atoms with Gasteiger partial charge in [0.05, 0.1) is 0 Å². The van der Waals surface area contributed by atoms with E-state index < -0.39 is 8.07 Å². The summed E-state index contributed by atoms with van der Waals surface area (Å²) in [6.45, 7) is 2.47. The maximum atomic E-state index is 4.38. The van der Waals surface area contributed by atoms with Crippen LogP contribution in [0.3, 0.4) is 0 Å². The summed E-state index contributed by atoms with van der Waals surface area (Å²) in [5.41, 5.74) is 0. The average molecular weight is 272 g/mol. The zero-order valence-electron chi connectivity index (χ0n) is 10.8. The highest BCUT2D eigenvalue weighted by molar-refractivity contribution is 7.80. The van der Waals surface area contributed by atoms with Crippen LogP contribution in [-0.2, 0) is 0 Å². The van der Waals surface area contributed by atoms with Crippen LogP contribution in [0.4, 0.5) is 0 Å². The Labute approximate surface area is 116 Å². The van der Waals surface area contributed by atoms with Gasteiger partial charge in [0.2, 0.25) is 0 Å². The predicted molar refractivity (Wildman–Crippen MR) is 87.0 cm³/mol. The number of hydrogen-bond donors (Lipinski definition) is 1. The molecule has 0 N–H and O–H groups in total. The van der Waals surface area contributed by atoms with Gasteiger partial charge in [-0.05, 0) is 18.2 Å². The number of hydrogen-bond acceptors (Lipinski definition) is 1. The van der Waals surface area contributed by atoms with E-state index in [0.29, 0.717) is 0 Å². The van der Waals surface area contributed by atoms with Crippen molar-refractivity contribution in [3.8, 4) is 0 Å². The van der Waals surface area contributed by atoms with Crippen LogP contribution >= 0.6 is 12.6 Å². The molecule has 0 spiro atoms. The Morgan fingerprint density at radius 3 is 1.67 bits per heavy atom. The van der Waals surface area contributed by atoms with Crippen LogP contribution in [-0.4, -0.2) is 13.8 Å². The van der Waals surface area contributed by atoms with Crippen LogP contribution in [0.1, 0.15) is 6.42 Å². The zero-order valence-corrected chi connectivity index (χ0v) is 12.7. The largest absolute Gasteiger partial charge is 0.179 e. The molecule has 0 amide bonds. The molecular weight excluding hydrogens is 252 g/mol. The maximum Gasteiger partial charge on any atom is 0.115 e. The Kier molecular flexibility index (Phi) is 4.67. The van der Waals surface area contributed by atoms with E-state index in [4.69, 9.17) is 0 Å². The van der Waals surface area contributed by atoms with Crippen LogP contribution in [0.25, 0.3) is 0 Å². The molecule has 2 aromatic carbocycles. The predicted octanol–water partition coefficient (Wildman–Crippen LogP) is 3.20. The molecule has 0 unspecified atom stereocenters. The maximum absolute atomic E-state index is 4.38. The molecule has 2 heteroatoms. The fourth-order valence-electron chi connectivity index (χ4n) is 2.50. The van der Waals surface area contributed by atoms with Crippen LogP contribution < -0.4 is 10.4 Å². The van der Waals surface area contributed by atoms with Crippen molar-refractivity contribution in [2.75, 3.05) is 5.75 Å². The Morgan fingerprint density at radius 1 is 0.833 bits per heavy atom. The van der Waals surface area contributed by atoms with Crippen molar-refractivity contribution >= 4 is 31.1 Å². The minimum atomic E-state index is -1.57. The fourth-order valence-corrected chi connectivity index (χ4v) is 6.61. The molecule has 0 atom stereocenters. The van der Waals surface area contributed by atoms with E-state index in [1.165, 1.54) is 22.8 Å². The first-order valence-electron chi connectivity index (χ1n) is 6.49. The van der Waals surface area contributed by atoms with E-state index in [1.54, 1.807) is 0 Å². The van der Waals surface area contributed by atoms with Crippen molar-refractivity contribution in [2.24, 2.45) is 0 Å². The summed E-state index contributed by atoms with van der Waals surface area (Å²) in [7, 11) is -1.57. The third-order valence-electron chi connectivity index (χ3n) is 3.66. The molecule has 0 bridgehead atoms. The first-order chi connectivity index (χ1) is 8.77. The third kappa shape index (κ3) is 2.87. The average Bonchev–Trinajstić information content (AvgIpc) is 2.46. The molecule has 0 radical (unpaired) electrons. The summed E-state index contributed by atoms with van der Waals surface area (Å²) in [4.78, 5) is 0. The quantitative estimate of drug-likeness (QED) is 0.627. The van der Waals surface area contributed by atoms with Gasteiger partial charge in [-0.15, -0.1) is 0 Å². The van der Waals surface area contributed by atoms with E-state index in [2.05, 4.69) is 79.8 Å². The normalized spacial score (nSPS) is 11.4. The second-order valence-electron chi connectivity index (χ2n) is 4.89. The monoisotopic (exact) mass is 272 g/mol. The Morgan fingerprint density at radius 2 is 1.28 bits per heavy atom. The van der Waals surface area contributed by atoms with Crippen molar-refractivity contribution in [1.29, 1.82) is 0 Å². The lowest BCUT2D eigenvalue weighted by Crippen LogP contribution is -2.55. The van der Waals surface area contributed by atoms with Gasteiger partial charge in [0.25, 0.3) is 0 Å². The van der Waals surface area contributed by atoms with Crippen LogP contribution in [0, 0.1) is 0 Å². The Bertz CT molecular complexity index is 427. The van der Waals surface area contributed by atoms with Gasteiger partial charge < -0.3 is 0 Å². The second kappa shape index (κ2) is 6.25.